The number of pyridine rings is 1. The molecule has 0 spiro atoms. The lowest BCUT2D eigenvalue weighted by Crippen LogP contribution is -2.39. The summed E-state index contributed by atoms with van der Waals surface area (Å²) >= 11 is 8.21. The van der Waals surface area contributed by atoms with E-state index in [9.17, 15) is 4.79 Å². The molecule has 1 aromatic carbocycles. The summed E-state index contributed by atoms with van der Waals surface area (Å²) in [6.07, 6.45) is 3.62. The van der Waals surface area contributed by atoms with Gasteiger partial charge in [0.2, 0.25) is 0 Å². The van der Waals surface area contributed by atoms with Crippen molar-refractivity contribution >= 4 is 29.5 Å². The molecule has 0 saturated carbocycles. The van der Waals surface area contributed by atoms with Crippen LogP contribution >= 0.6 is 23.5 Å². The second-order valence-corrected chi connectivity index (χ2v) is 8.57. The minimum absolute atomic E-state index is 0.205. The van der Waals surface area contributed by atoms with Gasteiger partial charge in [-0.25, -0.2) is 14.0 Å². The Morgan fingerprint density at radius 3 is 2.87 bits per heavy atom. The first-order valence-electron chi connectivity index (χ1n) is 9.77. The van der Waals surface area contributed by atoms with Crippen molar-refractivity contribution in [2.24, 2.45) is 0 Å². The average molecular weight is 443 g/mol. The lowest BCUT2D eigenvalue weighted by atomic mass is 10.3. The number of nitrogens with one attached hydrogen (secondary N) is 2. The highest BCUT2D eigenvalue weighted by atomic mass is 35.5. The zero-order valence-corrected chi connectivity index (χ0v) is 18.2. The number of carbonyl (C=O) groups excluding carboxylic acids is 1. The molecule has 1 saturated heterocycles. The van der Waals surface area contributed by atoms with Gasteiger partial charge in [0.25, 0.3) is 5.91 Å². The average Bonchev–Trinajstić information content (AvgIpc) is 3.23. The SMILES string of the molecule is Cc1cccc(C(=O)NCc2cnn(-c3ccc(SN4CCNCC4)c(Cl)c3)c2)n1. The van der Waals surface area contributed by atoms with Gasteiger partial charge < -0.3 is 10.6 Å². The molecule has 2 aromatic heterocycles. The summed E-state index contributed by atoms with van der Waals surface area (Å²) in [5.74, 6) is -0.205. The van der Waals surface area contributed by atoms with Gasteiger partial charge in [-0.05, 0) is 49.2 Å². The maximum atomic E-state index is 12.3. The molecule has 156 valence electrons. The molecule has 1 amide bonds. The molecule has 30 heavy (non-hydrogen) atoms. The Balaban J connectivity index is 1.38. The van der Waals surface area contributed by atoms with Crippen LogP contribution in [0.4, 0.5) is 0 Å². The van der Waals surface area contributed by atoms with Crippen LogP contribution in [-0.2, 0) is 6.54 Å². The number of aryl methyl sites for hydroxylation is 1. The zero-order chi connectivity index (χ0) is 20.9. The molecule has 3 heterocycles. The molecular weight excluding hydrogens is 420 g/mol. The van der Waals surface area contributed by atoms with Crippen LogP contribution in [0, 0.1) is 6.92 Å². The molecular formula is C21H23ClN6OS. The summed E-state index contributed by atoms with van der Waals surface area (Å²) in [5.41, 5.74) is 2.99. The van der Waals surface area contributed by atoms with Crippen molar-refractivity contribution in [3.05, 3.63) is 70.8 Å². The Kier molecular flexibility index (Phi) is 6.69. The van der Waals surface area contributed by atoms with Crippen LogP contribution in [0.25, 0.3) is 5.69 Å². The molecule has 1 aliphatic heterocycles. The number of rotatable bonds is 6. The van der Waals surface area contributed by atoms with Crippen LogP contribution in [0.15, 0.2) is 53.7 Å². The maximum absolute atomic E-state index is 12.3. The Morgan fingerprint density at radius 2 is 2.10 bits per heavy atom. The molecule has 4 rings (SSSR count). The van der Waals surface area contributed by atoms with E-state index in [1.54, 1.807) is 28.9 Å². The second-order valence-electron chi connectivity index (χ2n) is 7.03. The van der Waals surface area contributed by atoms with Crippen LogP contribution in [0.5, 0.6) is 0 Å². The molecule has 9 heteroatoms. The molecule has 1 aliphatic rings. The van der Waals surface area contributed by atoms with Crippen molar-refractivity contribution in [3.63, 3.8) is 0 Å². The van der Waals surface area contributed by atoms with Gasteiger partial charge in [-0.3, -0.25) is 4.79 Å². The van der Waals surface area contributed by atoms with Gasteiger partial charge in [-0.2, -0.15) is 5.10 Å². The first-order valence-corrected chi connectivity index (χ1v) is 10.9. The number of hydrogen-bond donors (Lipinski definition) is 2. The van der Waals surface area contributed by atoms with E-state index in [-0.39, 0.29) is 5.91 Å². The molecule has 3 aromatic rings. The van der Waals surface area contributed by atoms with E-state index in [0.717, 1.165) is 48.0 Å². The third-order valence-corrected chi connectivity index (χ3v) is 6.29. The molecule has 7 nitrogen and oxygen atoms in total. The topological polar surface area (TPSA) is 75.1 Å². The summed E-state index contributed by atoms with van der Waals surface area (Å²) < 4.78 is 4.08. The highest BCUT2D eigenvalue weighted by Crippen LogP contribution is 2.31. The molecule has 0 bridgehead atoms. The van der Waals surface area contributed by atoms with Gasteiger partial charge >= 0.3 is 0 Å². The van der Waals surface area contributed by atoms with Crippen LogP contribution in [0.1, 0.15) is 21.7 Å². The minimum atomic E-state index is -0.205. The van der Waals surface area contributed by atoms with Crippen LogP contribution in [-0.4, -0.2) is 51.2 Å². The monoisotopic (exact) mass is 442 g/mol. The number of piperazine rings is 1. The number of hydrogen-bond acceptors (Lipinski definition) is 6. The molecule has 0 atom stereocenters. The van der Waals surface area contributed by atoms with E-state index in [2.05, 4.69) is 25.0 Å². The number of benzene rings is 1. The highest BCUT2D eigenvalue weighted by Gasteiger charge is 2.14. The Bertz CT molecular complexity index is 1030. The Hall–Kier alpha value is -2.39. The van der Waals surface area contributed by atoms with Gasteiger partial charge in [-0.15, -0.1) is 0 Å². The van der Waals surface area contributed by atoms with Crippen LogP contribution in [0.3, 0.4) is 0 Å². The maximum Gasteiger partial charge on any atom is 0.270 e. The first kappa shape index (κ1) is 20.9. The number of nitrogens with zero attached hydrogens (tertiary/aromatic N) is 4. The summed E-state index contributed by atoms with van der Waals surface area (Å²) in [6, 6.07) is 11.3. The number of carbonyl (C=O) groups is 1. The second kappa shape index (κ2) is 9.61. The Labute approximate surface area is 185 Å². The van der Waals surface area contributed by atoms with Gasteiger partial charge in [0.1, 0.15) is 5.69 Å². The lowest BCUT2D eigenvalue weighted by Gasteiger charge is -2.26. The predicted octanol–water partition coefficient (Wildman–Crippen LogP) is 3.07. The van der Waals surface area contributed by atoms with Crippen molar-refractivity contribution in [2.75, 3.05) is 26.2 Å². The van der Waals surface area contributed by atoms with Crippen LogP contribution < -0.4 is 10.6 Å². The minimum Gasteiger partial charge on any atom is -0.347 e. The third-order valence-electron chi connectivity index (χ3n) is 4.69. The van der Waals surface area contributed by atoms with Gasteiger partial charge in [0, 0.05) is 55.1 Å². The van der Waals surface area contributed by atoms with Crippen molar-refractivity contribution in [1.29, 1.82) is 0 Å². The van der Waals surface area contributed by atoms with Gasteiger partial charge in [-0.1, -0.05) is 17.7 Å². The number of aromatic nitrogens is 3. The smallest absolute Gasteiger partial charge is 0.270 e. The molecule has 0 unspecified atom stereocenters. The van der Waals surface area contributed by atoms with Crippen molar-refractivity contribution in [1.82, 2.24) is 29.7 Å². The van der Waals surface area contributed by atoms with E-state index in [1.165, 1.54) is 0 Å². The van der Waals surface area contributed by atoms with E-state index in [1.807, 2.05) is 43.5 Å². The largest absolute Gasteiger partial charge is 0.347 e. The van der Waals surface area contributed by atoms with E-state index in [4.69, 9.17) is 11.6 Å². The standard InChI is InChI=1S/C21H23ClN6OS/c1-15-3-2-4-19(26-15)21(29)24-12-16-13-25-28(14-16)17-5-6-20(18(22)11-17)30-27-9-7-23-8-10-27/h2-6,11,13-14,23H,7-10,12H2,1H3,(H,24,29). The molecule has 0 aliphatic carbocycles. The van der Waals surface area contributed by atoms with Gasteiger partial charge in [0.15, 0.2) is 0 Å². The predicted molar refractivity (Wildman–Crippen MR) is 119 cm³/mol. The lowest BCUT2D eigenvalue weighted by molar-refractivity contribution is 0.0945. The molecule has 0 radical (unpaired) electrons. The zero-order valence-electron chi connectivity index (χ0n) is 16.6. The highest BCUT2D eigenvalue weighted by molar-refractivity contribution is 7.97. The van der Waals surface area contributed by atoms with E-state index >= 15 is 0 Å². The Morgan fingerprint density at radius 1 is 1.27 bits per heavy atom. The number of amides is 1. The summed E-state index contributed by atoms with van der Waals surface area (Å²) in [6.45, 7) is 6.22. The molecule has 1 fully saturated rings. The fourth-order valence-electron chi connectivity index (χ4n) is 3.12. The van der Waals surface area contributed by atoms with E-state index in [0.29, 0.717) is 17.3 Å². The quantitative estimate of drug-likeness (QED) is 0.571. The van der Waals surface area contributed by atoms with Gasteiger partial charge in [0.05, 0.1) is 16.9 Å². The first-order chi connectivity index (χ1) is 14.6. The van der Waals surface area contributed by atoms with Crippen molar-refractivity contribution in [3.8, 4) is 5.69 Å². The van der Waals surface area contributed by atoms with Crippen LogP contribution in [0.2, 0.25) is 5.02 Å². The molecule has 2 N–H and O–H groups in total. The van der Waals surface area contributed by atoms with Crippen molar-refractivity contribution < 1.29 is 4.79 Å². The van der Waals surface area contributed by atoms with Crippen molar-refractivity contribution in [2.45, 2.75) is 18.4 Å². The summed E-state index contributed by atoms with van der Waals surface area (Å²) in [4.78, 5) is 17.5. The summed E-state index contributed by atoms with van der Waals surface area (Å²) in [7, 11) is 0. The summed E-state index contributed by atoms with van der Waals surface area (Å²) in [5, 5.41) is 11.3. The normalized spacial score (nSPS) is 14.6. The number of halogens is 1. The fraction of sp³-hybridized carbons (Fsp3) is 0.286. The fourth-order valence-corrected chi connectivity index (χ4v) is 4.31. The third kappa shape index (κ3) is 5.20. The van der Waals surface area contributed by atoms with E-state index < -0.39 is 0 Å².